The zero-order valence-electron chi connectivity index (χ0n) is 17.9. The van der Waals surface area contributed by atoms with Gasteiger partial charge in [0.05, 0.1) is 12.8 Å². The largest absolute Gasteiger partial charge is 0.497 e. The van der Waals surface area contributed by atoms with Gasteiger partial charge in [0.2, 0.25) is 0 Å². The highest BCUT2D eigenvalue weighted by molar-refractivity contribution is 8.18. The highest BCUT2D eigenvalue weighted by Gasteiger charge is 2.40. The molecule has 0 unspecified atom stereocenters. The van der Waals surface area contributed by atoms with Crippen molar-refractivity contribution in [1.29, 1.82) is 0 Å². The topological polar surface area (TPSA) is 53.7 Å². The van der Waals surface area contributed by atoms with Crippen LogP contribution in [-0.4, -0.2) is 28.6 Å². The third-order valence-corrected chi connectivity index (χ3v) is 6.76. The van der Waals surface area contributed by atoms with Crippen molar-refractivity contribution in [1.82, 2.24) is 5.32 Å². The Morgan fingerprint density at radius 3 is 2.52 bits per heavy atom. The van der Waals surface area contributed by atoms with E-state index in [0.717, 1.165) is 44.8 Å². The molecule has 0 spiro atoms. The number of thioether (sulfide) groups is 1. The van der Waals surface area contributed by atoms with E-state index in [9.17, 15) is 4.79 Å². The molecule has 1 atom stereocenters. The second-order valence-corrected chi connectivity index (χ2v) is 9.07. The van der Waals surface area contributed by atoms with Gasteiger partial charge in [-0.05, 0) is 41.0 Å². The summed E-state index contributed by atoms with van der Waals surface area (Å²) in [5, 5.41) is 8.46. The highest BCUT2D eigenvalue weighted by Crippen LogP contribution is 2.35. The maximum atomic E-state index is 12.4. The van der Waals surface area contributed by atoms with Crippen molar-refractivity contribution in [3.63, 3.8) is 0 Å². The van der Waals surface area contributed by atoms with Gasteiger partial charge in [-0.2, -0.15) is 5.32 Å². The van der Waals surface area contributed by atoms with Crippen LogP contribution in [0.2, 0.25) is 5.02 Å². The van der Waals surface area contributed by atoms with Crippen LogP contribution in [-0.2, 0) is 0 Å². The third-order valence-electron chi connectivity index (χ3n) is 5.60. The van der Waals surface area contributed by atoms with Crippen LogP contribution < -0.4 is 10.1 Å². The summed E-state index contributed by atoms with van der Waals surface area (Å²) in [6.45, 7) is 0. The minimum absolute atomic E-state index is 0.0743. The Morgan fingerprint density at radius 2 is 1.79 bits per heavy atom. The predicted molar refractivity (Wildman–Crippen MR) is 134 cm³/mol. The lowest BCUT2D eigenvalue weighted by Crippen LogP contribution is -2.29. The SMILES string of the molecule is COc1ccc([C@@H]2CC(c3ccccc3)=N/[N+]2=C2/NC(=O)S/C2=C\c2ccccc2Cl)cc1. The van der Waals surface area contributed by atoms with Gasteiger partial charge in [0.25, 0.3) is 0 Å². The standard InChI is InChI=1S/C26H20ClN3O2S/c1-32-20-13-11-18(12-14-20)23-16-22(17-7-3-2-4-8-17)29-30(23)25-24(33-26(31)28-25)15-19-9-5-6-10-21(19)27/h2-15,23H,16H2,1H3/p+1/b24-15-/t23-/m0/s1. The molecule has 164 valence electrons. The maximum Gasteiger partial charge on any atom is 0.372 e. The minimum atomic E-state index is -0.139. The lowest BCUT2D eigenvalue weighted by atomic mass is 9.99. The van der Waals surface area contributed by atoms with Crippen LogP contribution >= 0.6 is 23.4 Å². The van der Waals surface area contributed by atoms with E-state index >= 15 is 0 Å². The Bertz CT molecular complexity index is 1300. The summed E-state index contributed by atoms with van der Waals surface area (Å²) in [4.78, 5) is 13.2. The summed E-state index contributed by atoms with van der Waals surface area (Å²) in [6, 6.07) is 25.6. The molecule has 2 aliphatic heterocycles. The van der Waals surface area contributed by atoms with Gasteiger partial charge in [0.15, 0.2) is 6.04 Å². The first-order valence-corrected chi connectivity index (χ1v) is 11.7. The monoisotopic (exact) mass is 474 g/mol. The van der Waals surface area contributed by atoms with Crippen LogP contribution in [0.4, 0.5) is 4.79 Å². The second-order valence-electron chi connectivity index (χ2n) is 7.64. The Morgan fingerprint density at radius 1 is 1.06 bits per heavy atom. The fourth-order valence-electron chi connectivity index (χ4n) is 3.94. The molecule has 5 rings (SSSR count). The van der Waals surface area contributed by atoms with Crippen molar-refractivity contribution in [2.24, 2.45) is 5.10 Å². The molecule has 3 aromatic rings. The van der Waals surface area contributed by atoms with Crippen LogP contribution in [0.5, 0.6) is 5.75 Å². The van der Waals surface area contributed by atoms with Crippen molar-refractivity contribution in [3.05, 3.63) is 105 Å². The normalized spacial score (nSPS) is 21.3. The number of rotatable bonds is 4. The van der Waals surface area contributed by atoms with Crippen LogP contribution in [0.15, 0.2) is 88.9 Å². The van der Waals surface area contributed by atoms with E-state index in [1.54, 1.807) is 7.11 Å². The minimum Gasteiger partial charge on any atom is -0.497 e. The van der Waals surface area contributed by atoms with E-state index in [0.29, 0.717) is 17.3 Å². The van der Waals surface area contributed by atoms with E-state index in [-0.39, 0.29) is 11.3 Å². The van der Waals surface area contributed by atoms with Crippen molar-refractivity contribution < 1.29 is 14.2 Å². The molecule has 0 saturated carbocycles. The van der Waals surface area contributed by atoms with Gasteiger partial charge in [-0.3, -0.25) is 0 Å². The van der Waals surface area contributed by atoms with Gasteiger partial charge >= 0.3 is 11.1 Å². The Balaban J connectivity index is 1.64. The quantitative estimate of drug-likeness (QED) is 0.464. The summed E-state index contributed by atoms with van der Waals surface area (Å²) in [7, 11) is 1.65. The number of amides is 1. The van der Waals surface area contributed by atoms with Crippen LogP contribution in [0.1, 0.15) is 29.2 Å². The molecular formula is C26H21ClN3O2S+. The first-order chi connectivity index (χ1) is 16.1. The number of ether oxygens (including phenoxy) is 1. The second kappa shape index (κ2) is 9.25. The molecule has 2 heterocycles. The van der Waals surface area contributed by atoms with Gasteiger partial charge in [0.1, 0.15) is 10.7 Å². The summed E-state index contributed by atoms with van der Waals surface area (Å²) in [5.74, 6) is 1.46. The lowest BCUT2D eigenvalue weighted by molar-refractivity contribution is -0.568. The van der Waals surface area contributed by atoms with Gasteiger partial charge in [0, 0.05) is 23.2 Å². The fraction of sp³-hybridized carbons (Fsp3) is 0.115. The summed E-state index contributed by atoms with van der Waals surface area (Å²) in [6.07, 6.45) is 2.64. The number of halogens is 1. The zero-order chi connectivity index (χ0) is 22.8. The number of carbonyl (C=O) groups excluding carboxylic acids is 1. The number of hydrogen-bond acceptors (Lipinski definition) is 4. The van der Waals surface area contributed by atoms with Crippen LogP contribution in [0.3, 0.4) is 0 Å². The summed E-state index contributed by atoms with van der Waals surface area (Å²) in [5.41, 5.74) is 3.96. The number of benzene rings is 3. The molecule has 7 heteroatoms. The first kappa shape index (κ1) is 21.5. The number of hydrogen-bond donors (Lipinski definition) is 1. The molecule has 0 radical (unpaired) electrons. The van der Waals surface area contributed by atoms with Gasteiger partial charge in [-0.15, -0.1) is 4.68 Å². The molecule has 33 heavy (non-hydrogen) atoms. The van der Waals surface area contributed by atoms with E-state index < -0.39 is 0 Å². The van der Waals surface area contributed by atoms with E-state index in [4.69, 9.17) is 21.4 Å². The van der Waals surface area contributed by atoms with Crippen molar-refractivity contribution >= 4 is 46.2 Å². The summed E-state index contributed by atoms with van der Waals surface area (Å²) >= 11 is 7.53. The zero-order valence-corrected chi connectivity index (χ0v) is 19.4. The average Bonchev–Trinajstić information content (AvgIpc) is 3.44. The number of carbonyl (C=O) groups is 1. The van der Waals surface area contributed by atoms with Gasteiger partial charge in [-0.25, -0.2) is 4.79 Å². The number of nitrogens with one attached hydrogen (secondary N) is 1. The number of amidine groups is 1. The van der Waals surface area contributed by atoms with E-state index in [2.05, 4.69) is 17.4 Å². The van der Waals surface area contributed by atoms with Crippen molar-refractivity contribution in [2.75, 3.05) is 7.11 Å². The molecule has 1 fully saturated rings. The first-order valence-electron chi connectivity index (χ1n) is 10.5. The Kier molecular flexibility index (Phi) is 6.03. The number of nitrogens with zero attached hydrogens (tertiary/aromatic N) is 2. The highest BCUT2D eigenvalue weighted by atomic mass is 35.5. The van der Waals surface area contributed by atoms with Gasteiger partial charge < -0.3 is 4.74 Å². The predicted octanol–water partition coefficient (Wildman–Crippen LogP) is 6.11. The lowest BCUT2D eigenvalue weighted by Gasteiger charge is -2.11. The molecule has 2 aliphatic rings. The third kappa shape index (κ3) is 4.45. The van der Waals surface area contributed by atoms with Crippen LogP contribution in [0, 0.1) is 0 Å². The Hall–Kier alpha value is -3.35. The molecular weight excluding hydrogens is 454 g/mol. The van der Waals surface area contributed by atoms with Crippen LogP contribution in [0.25, 0.3) is 6.08 Å². The summed E-state index contributed by atoms with van der Waals surface area (Å²) < 4.78 is 7.25. The molecule has 5 nitrogen and oxygen atoms in total. The number of hydrazone groups is 1. The maximum absolute atomic E-state index is 12.4. The smallest absolute Gasteiger partial charge is 0.372 e. The molecule has 0 aromatic heterocycles. The van der Waals surface area contributed by atoms with E-state index in [1.165, 1.54) is 0 Å². The molecule has 3 aromatic carbocycles. The van der Waals surface area contributed by atoms with Crippen molar-refractivity contribution in [2.45, 2.75) is 12.5 Å². The molecule has 1 saturated heterocycles. The molecule has 1 N–H and O–H groups in total. The van der Waals surface area contributed by atoms with E-state index in [1.807, 2.05) is 77.5 Å². The molecule has 0 bridgehead atoms. The fourth-order valence-corrected chi connectivity index (χ4v) is 4.91. The number of methoxy groups -OCH3 is 1. The average molecular weight is 475 g/mol. The van der Waals surface area contributed by atoms with Crippen molar-refractivity contribution in [3.8, 4) is 5.75 Å². The molecule has 0 aliphatic carbocycles. The molecule has 1 amide bonds. The Labute approximate surface area is 201 Å². The van der Waals surface area contributed by atoms with Gasteiger partial charge in [-0.1, -0.05) is 77.4 Å².